The van der Waals surface area contributed by atoms with Crippen molar-refractivity contribution in [1.82, 2.24) is 5.32 Å². The zero-order valence-corrected chi connectivity index (χ0v) is 12.8. The molecule has 0 heterocycles. The third-order valence-corrected chi connectivity index (χ3v) is 3.90. The molecule has 2 N–H and O–H groups in total. The maximum Gasteiger partial charge on any atom is 0.128 e. The molecule has 0 aliphatic carbocycles. The molecule has 20 heavy (non-hydrogen) atoms. The van der Waals surface area contributed by atoms with E-state index in [0.29, 0.717) is 18.7 Å². The van der Waals surface area contributed by atoms with Crippen molar-refractivity contribution in [2.75, 3.05) is 0 Å². The minimum atomic E-state index is -0.452. The Bertz CT molecular complexity index is 549. The summed E-state index contributed by atoms with van der Waals surface area (Å²) < 4.78 is 14.4. The van der Waals surface area contributed by atoms with Gasteiger partial charge in [-0.1, -0.05) is 46.3 Å². The number of benzene rings is 2. The highest BCUT2D eigenvalue weighted by molar-refractivity contribution is 9.10. The summed E-state index contributed by atoms with van der Waals surface area (Å²) in [7, 11) is 0. The number of aliphatic hydroxyl groups is 1. The molecule has 0 fully saturated rings. The van der Waals surface area contributed by atoms with Crippen molar-refractivity contribution in [3.63, 3.8) is 0 Å². The van der Waals surface area contributed by atoms with Crippen LogP contribution in [0.3, 0.4) is 0 Å². The number of nitrogens with one attached hydrogen (secondary N) is 1. The van der Waals surface area contributed by atoms with Gasteiger partial charge in [0.05, 0.1) is 6.10 Å². The minimum absolute atomic E-state index is 0.212. The predicted octanol–water partition coefficient (Wildman–Crippen LogP) is 3.93. The molecule has 4 heteroatoms. The number of aliphatic hydroxyl groups excluding tert-OH is 1. The van der Waals surface area contributed by atoms with Crippen LogP contribution in [0.4, 0.5) is 4.39 Å². The van der Waals surface area contributed by atoms with Crippen LogP contribution in [0, 0.1) is 5.82 Å². The highest BCUT2D eigenvalue weighted by Crippen LogP contribution is 2.19. The SMILES string of the molecule is CC(O)c1ccc(CNCc2c(F)cccc2Br)cc1. The van der Waals surface area contributed by atoms with Crippen molar-refractivity contribution < 1.29 is 9.50 Å². The lowest BCUT2D eigenvalue weighted by atomic mass is 10.1. The van der Waals surface area contributed by atoms with Crippen molar-refractivity contribution in [2.45, 2.75) is 26.1 Å². The Morgan fingerprint density at radius 2 is 1.85 bits per heavy atom. The van der Waals surface area contributed by atoms with Gasteiger partial charge in [-0.05, 0) is 30.2 Å². The Morgan fingerprint density at radius 1 is 1.15 bits per heavy atom. The van der Waals surface area contributed by atoms with E-state index in [1.165, 1.54) is 6.07 Å². The van der Waals surface area contributed by atoms with E-state index in [0.717, 1.165) is 15.6 Å². The van der Waals surface area contributed by atoms with Crippen molar-refractivity contribution in [3.8, 4) is 0 Å². The molecule has 2 rings (SSSR count). The van der Waals surface area contributed by atoms with Gasteiger partial charge in [0.15, 0.2) is 0 Å². The summed E-state index contributed by atoms with van der Waals surface area (Å²) >= 11 is 3.35. The molecule has 0 radical (unpaired) electrons. The Labute approximate surface area is 126 Å². The molecular formula is C16H17BrFNO. The molecule has 1 atom stereocenters. The van der Waals surface area contributed by atoms with Crippen LogP contribution in [0.25, 0.3) is 0 Å². The first-order chi connectivity index (χ1) is 9.58. The first kappa shape index (κ1) is 15.2. The Hall–Kier alpha value is -1.23. The zero-order chi connectivity index (χ0) is 14.5. The summed E-state index contributed by atoms with van der Waals surface area (Å²) in [5, 5.41) is 12.7. The van der Waals surface area contributed by atoms with Crippen LogP contribution in [0.5, 0.6) is 0 Å². The van der Waals surface area contributed by atoms with Crippen LogP contribution < -0.4 is 5.32 Å². The molecule has 0 aliphatic heterocycles. The van der Waals surface area contributed by atoms with E-state index in [1.54, 1.807) is 13.0 Å². The van der Waals surface area contributed by atoms with Crippen LogP contribution in [-0.4, -0.2) is 5.11 Å². The lowest BCUT2D eigenvalue weighted by Gasteiger charge is -2.09. The van der Waals surface area contributed by atoms with Crippen molar-refractivity contribution in [2.24, 2.45) is 0 Å². The fourth-order valence-electron chi connectivity index (χ4n) is 1.95. The first-order valence-electron chi connectivity index (χ1n) is 6.48. The van der Waals surface area contributed by atoms with Crippen LogP contribution in [0.15, 0.2) is 46.9 Å². The van der Waals surface area contributed by atoms with Gasteiger partial charge in [-0.25, -0.2) is 4.39 Å². The van der Waals surface area contributed by atoms with E-state index in [4.69, 9.17) is 0 Å². The Balaban J connectivity index is 1.93. The number of hydrogen-bond acceptors (Lipinski definition) is 2. The molecular weight excluding hydrogens is 321 g/mol. The second-order valence-corrected chi connectivity index (χ2v) is 5.58. The fraction of sp³-hybridized carbons (Fsp3) is 0.250. The smallest absolute Gasteiger partial charge is 0.128 e. The third-order valence-electron chi connectivity index (χ3n) is 3.15. The van der Waals surface area contributed by atoms with Crippen LogP contribution in [0.1, 0.15) is 29.7 Å². The molecule has 0 saturated heterocycles. The van der Waals surface area contributed by atoms with Gasteiger partial charge in [0, 0.05) is 23.1 Å². The Morgan fingerprint density at radius 3 is 2.45 bits per heavy atom. The van der Waals surface area contributed by atoms with Crippen LogP contribution in [-0.2, 0) is 13.1 Å². The number of rotatable bonds is 5. The molecule has 1 unspecified atom stereocenters. The van der Waals surface area contributed by atoms with Crippen LogP contribution >= 0.6 is 15.9 Å². The maximum atomic E-state index is 13.6. The van der Waals surface area contributed by atoms with E-state index in [2.05, 4.69) is 21.2 Å². The standard InChI is InChI=1S/C16H17BrFNO/c1-11(20)13-7-5-12(6-8-13)9-19-10-14-15(17)3-2-4-16(14)18/h2-8,11,19-20H,9-10H2,1H3. The molecule has 2 nitrogen and oxygen atoms in total. The van der Waals surface area contributed by atoms with Gasteiger partial charge in [0.1, 0.15) is 5.82 Å². The normalized spacial score (nSPS) is 12.4. The van der Waals surface area contributed by atoms with Gasteiger partial charge in [0.2, 0.25) is 0 Å². The second kappa shape index (κ2) is 6.97. The van der Waals surface area contributed by atoms with E-state index < -0.39 is 6.10 Å². The summed E-state index contributed by atoms with van der Waals surface area (Å²) in [6, 6.07) is 12.7. The van der Waals surface area contributed by atoms with Gasteiger partial charge in [-0.15, -0.1) is 0 Å². The quantitative estimate of drug-likeness (QED) is 0.866. The van der Waals surface area contributed by atoms with Crippen molar-refractivity contribution in [1.29, 1.82) is 0 Å². The van der Waals surface area contributed by atoms with Gasteiger partial charge in [-0.3, -0.25) is 0 Å². The summed E-state index contributed by atoms with van der Waals surface area (Å²) in [5.41, 5.74) is 2.63. The van der Waals surface area contributed by atoms with Crippen molar-refractivity contribution in [3.05, 3.63) is 69.4 Å². The lowest BCUT2D eigenvalue weighted by molar-refractivity contribution is 0.199. The zero-order valence-electron chi connectivity index (χ0n) is 11.2. The molecule has 0 saturated carbocycles. The van der Waals surface area contributed by atoms with E-state index >= 15 is 0 Å². The summed E-state index contributed by atoms with van der Waals surface area (Å²) in [6.07, 6.45) is -0.452. The van der Waals surface area contributed by atoms with Gasteiger partial charge in [0.25, 0.3) is 0 Å². The third kappa shape index (κ3) is 3.88. The minimum Gasteiger partial charge on any atom is -0.389 e. The van der Waals surface area contributed by atoms with E-state index in [-0.39, 0.29) is 5.82 Å². The van der Waals surface area contributed by atoms with Gasteiger partial charge < -0.3 is 10.4 Å². The predicted molar refractivity (Wildman–Crippen MR) is 81.7 cm³/mol. The molecule has 0 bridgehead atoms. The van der Waals surface area contributed by atoms with Crippen molar-refractivity contribution >= 4 is 15.9 Å². The Kier molecular flexibility index (Phi) is 5.29. The van der Waals surface area contributed by atoms with E-state index in [9.17, 15) is 9.50 Å². The van der Waals surface area contributed by atoms with Gasteiger partial charge in [-0.2, -0.15) is 0 Å². The highest BCUT2D eigenvalue weighted by atomic mass is 79.9. The summed E-state index contributed by atoms with van der Waals surface area (Å²) in [6.45, 7) is 2.86. The number of hydrogen-bond donors (Lipinski definition) is 2. The average Bonchev–Trinajstić information content (AvgIpc) is 2.42. The molecule has 0 spiro atoms. The largest absolute Gasteiger partial charge is 0.389 e. The average molecular weight is 338 g/mol. The van der Waals surface area contributed by atoms with E-state index in [1.807, 2.05) is 30.3 Å². The monoisotopic (exact) mass is 337 g/mol. The lowest BCUT2D eigenvalue weighted by Crippen LogP contribution is -2.14. The molecule has 106 valence electrons. The molecule has 2 aromatic carbocycles. The van der Waals surface area contributed by atoms with Gasteiger partial charge >= 0.3 is 0 Å². The number of halogens is 2. The highest BCUT2D eigenvalue weighted by Gasteiger charge is 2.06. The first-order valence-corrected chi connectivity index (χ1v) is 7.27. The molecule has 0 amide bonds. The maximum absolute atomic E-state index is 13.6. The molecule has 0 aliphatic rings. The fourth-order valence-corrected chi connectivity index (χ4v) is 2.43. The molecule has 2 aromatic rings. The summed E-state index contributed by atoms with van der Waals surface area (Å²) in [4.78, 5) is 0. The second-order valence-electron chi connectivity index (χ2n) is 4.72. The summed E-state index contributed by atoms with van der Waals surface area (Å²) in [5.74, 6) is -0.212. The van der Waals surface area contributed by atoms with Crippen LogP contribution in [0.2, 0.25) is 0 Å². The molecule has 0 aromatic heterocycles. The topological polar surface area (TPSA) is 32.3 Å².